The third-order valence-electron chi connectivity index (χ3n) is 4.04. The molecule has 2 aromatic rings. The SMILES string of the molecule is O=C(COc1ccc(S(=O)(=O)N2CCCC2)cc1)Nc1ccccc1Br. The number of benzene rings is 2. The van der Waals surface area contributed by atoms with Gasteiger partial charge in [0.25, 0.3) is 5.91 Å². The van der Waals surface area contributed by atoms with E-state index in [4.69, 9.17) is 4.74 Å². The Balaban J connectivity index is 1.57. The standard InChI is InChI=1S/C18H19BrN2O4S/c19-16-5-1-2-6-17(16)20-18(22)13-25-14-7-9-15(10-8-14)26(23,24)21-11-3-4-12-21/h1-2,5-10H,3-4,11-13H2,(H,20,22). The maximum absolute atomic E-state index is 12.5. The maximum Gasteiger partial charge on any atom is 0.262 e. The summed E-state index contributed by atoms with van der Waals surface area (Å²) in [4.78, 5) is 12.2. The predicted octanol–water partition coefficient (Wildman–Crippen LogP) is 3.25. The Morgan fingerprint density at radius 1 is 1.08 bits per heavy atom. The summed E-state index contributed by atoms with van der Waals surface area (Å²) >= 11 is 3.36. The van der Waals surface area contributed by atoms with Crippen LogP contribution in [-0.4, -0.2) is 38.3 Å². The van der Waals surface area contributed by atoms with Crippen LogP contribution in [0.3, 0.4) is 0 Å². The average Bonchev–Trinajstić information content (AvgIpc) is 3.18. The van der Waals surface area contributed by atoms with Gasteiger partial charge in [0.2, 0.25) is 10.0 Å². The van der Waals surface area contributed by atoms with Crippen LogP contribution < -0.4 is 10.1 Å². The first-order chi connectivity index (χ1) is 12.5. The number of amides is 1. The van der Waals surface area contributed by atoms with E-state index in [2.05, 4.69) is 21.2 Å². The number of nitrogens with one attached hydrogen (secondary N) is 1. The second kappa shape index (κ2) is 8.20. The molecule has 0 radical (unpaired) electrons. The molecule has 0 bridgehead atoms. The Labute approximate surface area is 161 Å². The van der Waals surface area contributed by atoms with Crippen LogP contribution >= 0.6 is 15.9 Å². The lowest BCUT2D eigenvalue weighted by molar-refractivity contribution is -0.118. The fourth-order valence-electron chi connectivity index (χ4n) is 2.68. The van der Waals surface area contributed by atoms with Crippen LogP contribution in [0, 0.1) is 0 Å². The largest absolute Gasteiger partial charge is 0.484 e. The number of rotatable bonds is 6. The maximum atomic E-state index is 12.5. The van der Waals surface area contributed by atoms with Crippen molar-refractivity contribution in [1.82, 2.24) is 4.31 Å². The van der Waals surface area contributed by atoms with E-state index >= 15 is 0 Å². The number of carbonyl (C=O) groups excluding carboxylic acids is 1. The van der Waals surface area contributed by atoms with E-state index in [-0.39, 0.29) is 17.4 Å². The first kappa shape index (κ1) is 18.9. The number of anilines is 1. The van der Waals surface area contributed by atoms with Crippen molar-refractivity contribution in [3.05, 3.63) is 53.0 Å². The average molecular weight is 439 g/mol. The smallest absolute Gasteiger partial charge is 0.262 e. The van der Waals surface area contributed by atoms with Gasteiger partial charge in [-0.05, 0) is 65.2 Å². The van der Waals surface area contributed by atoms with Crippen molar-refractivity contribution in [3.8, 4) is 5.75 Å². The molecule has 0 spiro atoms. The first-order valence-corrected chi connectivity index (χ1v) is 10.5. The summed E-state index contributed by atoms with van der Waals surface area (Å²) < 4.78 is 32.6. The second-order valence-electron chi connectivity index (χ2n) is 5.90. The van der Waals surface area contributed by atoms with Crippen molar-refractivity contribution in [2.45, 2.75) is 17.7 Å². The normalized spacial score (nSPS) is 15.0. The fraction of sp³-hybridized carbons (Fsp3) is 0.278. The lowest BCUT2D eigenvalue weighted by Gasteiger charge is -2.15. The molecule has 3 rings (SSSR count). The highest BCUT2D eigenvalue weighted by Crippen LogP contribution is 2.23. The molecule has 26 heavy (non-hydrogen) atoms. The minimum atomic E-state index is -3.44. The molecule has 0 saturated carbocycles. The highest BCUT2D eigenvalue weighted by Gasteiger charge is 2.26. The number of hydrogen-bond donors (Lipinski definition) is 1. The lowest BCUT2D eigenvalue weighted by Crippen LogP contribution is -2.27. The number of hydrogen-bond acceptors (Lipinski definition) is 4. The minimum absolute atomic E-state index is 0.167. The van der Waals surface area contributed by atoms with Gasteiger partial charge in [0.15, 0.2) is 6.61 Å². The molecule has 1 heterocycles. The van der Waals surface area contributed by atoms with Gasteiger partial charge in [-0.25, -0.2) is 8.42 Å². The van der Waals surface area contributed by atoms with E-state index in [1.165, 1.54) is 16.4 Å². The van der Waals surface area contributed by atoms with E-state index in [0.29, 0.717) is 24.5 Å². The van der Waals surface area contributed by atoms with E-state index in [9.17, 15) is 13.2 Å². The Morgan fingerprint density at radius 3 is 2.38 bits per heavy atom. The molecule has 8 heteroatoms. The third kappa shape index (κ3) is 4.44. The van der Waals surface area contributed by atoms with Gasteiger partial charge in [-0.3, -0.25) is 4.79 Å². The summed E-state index contributed by atoms with van der Waals surface area (Å²) in [5.41, 5.74) is 0.660. The highest BCUT2D eigenvalue weighted by atomic mass is 79.9. The van der Waals surface area contributed by atoms with Gasteiger partial charge in [-0.15, -0.1) is 0 Å². The Hall–Kier alpha value is -1.90. The van der Waals surface area contributed by atoms with E-state index in [1.54, 1.807) is 18.2 Å². The Morgan fingerprint density at radius 2 is 1.73 bits per heavy atom. The summed E-state index contributed by atoms with van der Waals surface area (Å²) in [6, 6.07) is 13.4. The monoisotopic (exact) mass is 438 g/mol. The minimum Gasteiger partial charge on any atom is -0.484 e. The van der Waals surface area contributed by atoms with E-state index in [1.807, 2.05) is 18.2 Å². The van der Waals surface area contributed by atoms with Gasteiger partial charge in [0.1, 0.15) is 5.75 Å². The molecule has 0 unspecified atom stereocenters. The lowest BCUT2D eigenvalue weighted by atomic mass is 10.3. The molecule has 138 valence electrons. The number of ether oxygens (including phenoxy) is 1. The zero-order valence-electron chi connectivity index (χ0n) is 14.0. The van der Waals surface area contributed by atoms with Crippen LogP contribution in [0.15, 0.2) is 57.9 Å². The van der Waals surface area contributed by atoms with Gasteiger partial charge >= 0.3 is 0 Å². The third-order valence-corrected chi connectivity index (χ3v) is 6.65. The molecule has 0 aliphatic carbocycles. The van der Waals surface area contributed by atoms with Crippen LogP contribution in [0.5, 0.6) is 5.75 Å². The number of sulfonamides is 1. The van der Waals surface area contributed by atoms with Crippen molar-refractivity contribution < 1.29 is 17.9 Å². The van der Waals surface area contributed by atoms with Crippen molar-refractivity contribution >= 4 is 37.5 Å². The Bertz CT molecular complexity index is 878. The summed E-state index contributed by atoms with van der Waals surface area (Å²) in [7, 11) is -3.44. The van der Waals surface area contributed by atoms with Crippen molar-refractivity contribution in [1.29, 1.82) is 0 Å². The van der Waals surface area contributed by atoms with Gasteiger partial charge in [-0.1, -0.05) is 12.1 Å². The van der Waals surface area contributed by atoms with Gasteiger partial charge in [0.05, 0.1) is 10.6 Å². The van der Waals surface area contributed by atoms with Crippen molar-refractivity contribution in [2.75, 3.05) is 25.0 Å². The molecule has 1 amide bonds. The topological polar surface area (TPSA) is 75.7 Å². The summed E-state index contributed by atoms with van der Waals surface area (Å²) in [6.45, 7) is 0.963. The number of halogens is 1. The molecule has 1 aliphatic rings. The first-order valence-electron chi connectivity index (χ1n) is 8.24. The zero-order chi connectivity index (χ0) is 18.6. The number of para-hydroxylation sites is 1. The molecule has 6 nitrogen and oxygen atoms in total. The predicted molar refractivity (Wildman–Crippen MR) is 103 cm³/mol. The zero-order valence-corrected chi connectivity index (χ0v) is 16.4. The van der Waals surface area contributed by atoms with Crippen molar-refractivity contribution in [3.63, 3.8) is 0 Å². The van der Waals surface area contributed by atoms with Gasteiger partial charge in [-0.2, -0.15) is 4.31 Å². The van der Waals surface area contributed by atoms with Gasteiger partial charge < -0.3 is 10.1 Å². The molecule has 1 fully saturated rings. The summed E-state index contributed by atoms with van der Waals surface area (Å²) in [6.07, 6.45) is 1.79. The molecule has 0 atom stereocenters. The molecule has 2 aromatic carbocycles. The van der Waals surface area contributed by atoms with Crippen LogP contribution in [-0.2, 0) is 14.8 Å². The van der Waals surface area contributed by atoms with Gasteiger partial charge in [0, 0.05) is 17.6 Å². The Kier molecular flexibility index (Phi) is 5.95. The highest BCUT2D eigenvalue weighted by molar-refractivity contribution is 9.10. The molecule has 0 aromatic heterocycles. The number of carbonyl (C=O) groups is 1. The molecule has 1 saturated heterocycles. The van der Waals surface area contributed by atoms with Crippen LogP contribution in [0.2, 0.25) is 0 Å². The molecular formula is C18H19BrN2O4S. The number of nitrogens with zero attached hydrogens (tertiary/aromatic N) is 1. The van der Waals surface area contributed by atoms with Crippen LogP contribution in [0.1, 0.15) is 12.8 Å². The summed E-state index contributed by atoms with van der Waals surface area (Å²) in [5.74, 6) is 0.137. The fourth-order valence-corrected chi connectivity index (χ4v) is 4.58. The molecular weight excluding hydrogens is 420 g/mol. The quantitative estimate of drug-likeness (QED) is 0.750. The second-order valence-corrected chi connectivity index (χ2v) is 8.69. The molecule has 1 N–H and O–H groups in total. The van der Waals surface area contributed by atoms with Crippen LogP contribution in [0.25, 0.3) is 0 Å². The molecule has 1 aliphatic heterocycles. The van der Waals surface area contributed by atoms with E-state index < -0.39 is 10.0 Å². The van der Waals surface area contributed by atoms with E-state index in [0.717, 1.165) is 17.3 Å². The summed E-state index contributed by atoms with van der Waals surface area (Å²) in [5, 5.41) is 2.74. The van der Waals surface area contributed by atoms with Crippen molar-refractivity contribution in [2.24, 2.45) is 0 Å². The van der Waals surface area contributed by atoms with Crippen LogP contribution in [0.4, 0.5) is 5.69 Å².